The van der Waals surface area contributed by atoms with Crippen molar-refractivity contribution in [2.24, 2.45) is 14.1 Å². The molecule has 7 heteroatoms. The molecule has 2 rings (SSSR count). The molecule has 0 saturated carbocycles. The van der Waals surface area contributed by atoms with Crippen LogP contribution in [0.1, 0.15) is 42.4 Å². The van der Waals surface area contributed by atoms with E-state index in [0.717, 1.165) is 17.9 Å². The van der Waals surface area contributed by atoms with Crippen molar-refractivity contribution in [3.8, 4) is 0 Å². The first-order valence-corrected chi connectivity index (χ1v) is 5.36. The molecule has 20 heavy (non-hydrogen) atoms. The van der Waals surface area contributed by atoms with Crippen LogP contribution in [-0.4, -0.2) is 29.9 Å². The maximum Gasteiger partial charge on any atom is 0.332 e. The van der Waals surface area contributed by atoms with Crippen LogP contribution >= 0.6 is 0 Å². The lowest BCUT2D eigenvalue weighted by Gasteiger charge is -2.09. The summed E-state index contributed by atoms with van der Waals surface area (Å²) in [6.07, 6.45) is -15.8. The normalized spacial score (nSPS) is 26.9. The van der Waals surface area contributed by atoms with Gasteiger partial charge in [-0.1, -0.05) is 0 Å². The Labute approximate surface area is 133 Å². The van der Waals surface area contributed by atoms with Crippen LogP contribution < -0.4 is 11.2 Å². The first-order valence-electron chi connectivity index (χ1n) is 11.4. The molecular weight excluding hydrogens is 260 g/mol. The fourth-order valence-corrected chi connectivity index (χ4v) is 1.62. The summed E-state index contributed by atoms with van der Waals surface area (Å²) < 4.78 is 94.4. The van der Waals surface area contributed by atoms with E-state index in [2.05, 4.69) is 4.98 Å². The van der Waals surface area contributed by atoms with Crippen molar-refractivity contribution >= 4 is 11.2 Å². The Bertz CT molecular complexity index is 1170. The molecule has 1 N–H and O–H groups in total. The average Bonchev–Trinajstić information content (AvgIpc) is 3.00. The molecule has 2 aromatic heterocycles. The SMILES string of the molecule is [2H]C([2H])([2H])C([2H])(O)C([2H])([2H])C([2H])([2H])C([2H])([2H])C([2H])([2H])n1c(=O)c2c(ncn2C)n(C)c1=O. The summed E-state index contributed by atoms with van der Waals surface area (Å²) in [6, 6.07) is 0. The van der Waals surface area contributed by atoms with Crippen LogP contribution in [0.3, 0.4) is 0 Å². The van der Waals surface area contributed by atoms with Gasteiger partial charge in [0.2, 0.25) is 0 Å². The molecule has 0 aliphatic carbocycles. The third-order valence-electron chi connectivity index (χ3n) is 2.53. The number of hydrogen-bond acceptors (Lipinski definition) is 4. The molecule has 2 aromatic rings. The topological polar surface area (TPSA) is 82.1 Å². The molecule has 110 valence electrons. The lowest BCUT2D eigenvalue weighted by atomic mass is 10.2. The van der Waals surface area contributed by atoms with Gasteiger partial charge in [0.15, 0.2) is 11.2 Å². The van der Waals surface area contributed by atoms with Gasteiger partial charge in [0.05, 0.1) is 16.5 Å². The highest BCUT2D eigenvalue weighted by atomic mass is 16.3. The molecule has 0 amide bonds. The summed E-state index contributed by atoms with van der Waals surface area (Å²) in [6.45, 7) is -7.80. The quantitative estimate of drug-likeness (QED) is 0.840. The Hall–Kier alpha value is -1.89. The van der Waals surface area contributed by atoms with Gasteiger partial charge in [-0.25, -0.2) is 9.78 Å². The van der Waals surface area contributed by atoms with Gasteiger partial charge in [0, 0.05) is 32.9 Å². The minimum Gasteiger partial charge on any atom is -0.393 e. The lowest BCUT2D eigenvalue weighted by Crippen LogP contribution is -2.39. The van der Waals surface area contributed by atoms with Crippen LogP contribution in [0.5, 0.6) is 0 Å². The molecule has 0 radical (unpaired) electrons. The second-order valence-electron chi connectivity index (χ2n) is 3.85. The first-order chi connectivity index (χ1) is 14.0. The van der Waals surface area contributed by atoms with E-state index in [1.54, 1.807) is 0 Å². The van der Waals surface area contributed by atoms with Crippen LogP contribution in [-0.2, 0) is 20.6 Å². The molecular formula is C13H20N4O3. The van der Waals surface area contributed by atoms with E-state index in [1.807, 2.05) is 0 Å². The molecule has 1 atom stereocenters. The highest BCUT2D eigenvalue weighted by Gasteiger charge is 2.14. The van der Waals surface area contributed by atoms with E-state index in [0.29, 0.717) is 4.57 Å². The van der Waals surface area contributed by atoms with Gasteiger partial charge in [0.1, 0.15) is 0 Å². The fourth-order valence-electron chi connectivity index (χ4n) is 1.62. The number of aromatic nitrogens is 4. The maximum absolute atomic E-state index is 12.9. The van der Waals surface area contributed by atoms with E-state index in [-0.39, 0.29) is 15.7 Å². The molecule has 0 aliphatic rings. The highest BCUT2D eigenvalue weighted by Crippen LogP contribution is 2.04. The van der Waals surface area contributed by atoms with Crippen LogP contribution in [0, 0.1) is 0 Å². The third kappa shape index (κ3) is 2.53. The first kappa shape index (κ1) is 5.48. The Morgan fingerprint density at radius 1 is 1.50 bits per heavy atom. The van der Waals surface area contributed by atoms with Crippen molar-refractivity contribution in [1.29, 1.82) is 0 Å². The van der Waals surface area contributed by atoms with Gasteiger partial charge in [-0.05, 0) is 26.0 Å². The molecule has 0 bridgehead atoms. The minimum atomic E-state index is -4.26. The predicted molar refractivity (Wildman–Crippen MR) is 75.7 cm³/mol. The van der Waals surface area contributed by atoms with Crippen molar-refractivity contribution in [3.63, 3.8) is 0 Å². The summed E-state index contributed by atoms with van der Waals surface area (Å²) in [5, 5.41) is 9.97. The zero-order valence-corrected chi connectivity index (χ0v) is 10.6. The van der Waals surface area contributed by atoms with Crippen LogP contribution in [0.4, 0.5) is 0 Å². The van der Waals surface area contributed by atoms with Crippen molar-refractivity contribution in [1.82, 2.24) is 18.7 Å². The fraction of sp³-hybridized carbons (Fsp3) is 0.615. The monoisotopic (exact) mass is 292 g/mol. The van der Waals surface area contributed by atoms with Crippen LogP contribution in [0.25, 0.3) is 11.2 Å². The van der Waals surface area contributed by atoms with Gasteiger partial charge in [0.25, 0.3) is 5.56 Å². The molecule has 0 spiro atoms. The standard InChI is InChI=1S/C13H20N4O3/c1-9(18)6-4-5-7-17-12(19)10-11(14-8-15(10)2)16(3)13(17)20/h8-9,18H,4-7H2,1-3H3/i1D3,4D2,5D2,6D2,7D2,9D. The van der Waals surface area contributed by atoms with Crippen molar-refractivity contribution in [2.45, 2.75) is 38.5 Å². The van der Waals surface area contributed by atoms with E-state index < -0.39 is 49.8 Å². The van der Waals surface area contributed by atoms with Crippen LogP contribution in [0.15, 0.2) is 15.9 Å². The summed E-state index contributed by atoms with van der Waals surface area (Å²) in [5.74, 6) is 0. The average molecular weight is 292 g/mol. The largest absolute Gasteiger partial charge is 0.393 e. The zero-order chi connectivity index (χ0) is 25.5. The summed E-state index contributed by atoms with van der Waals surface area (Å²) in [5.41, 5.74) is -3.40. The van der Waals surface area contributed by atoms with E-state index in [9.17, 15) is 14.7 Å². The smallest absolute Gasteiger partial charge is 0.332 e. The molecule has 7 nitrogen and oxygen atoms in total. The second-order valence-corrected chi connectivity index (χ2v) is 3.85. The lowest BCUT2D eigenvalue weighted by molar-refractivity contribution is 0.180. The molecule has 0 saturated heterocycles. The van der Waals surface area contributed by atoms with E-state index >= 15 is 0 Å². The summed E-state index contributed by atoms with van der Waals surface area (Å²) >= 11 is 0. The van der Waals surface area contributed by atoms with Gasteiger partial charge in [-0.2, -0.15) is 0 Å². The van der Waals surface area contributed by atoms with Gasteiger partial charge >= 0.3 is 5.69 Å². The van der Waals surface area contributed by atoms with Gasteiger partial charge in [-0.3, -0.25) is 13.9 Å². The molecule has 0 fully saturated rings. The minimum absolute atomic E-state index is 0.184. The van der Waals surface area contributed by atoms with Crippen molar-refractivity contribution in [2.75, 3.05) is 0 Å². The van der Waals surface area contributed by atoms with E-state index in [1.165, 1.54) is 7.05 Å². The summed E-state index contributed by atoms with van der Waals surface area (Å²) in [4.78, 5) is 29.4. The number of imidazole rings is 1. The van der Waals surface area contributed by atoms with Crippen molar-refractivity contribution in [3.05, 3.63) is 27.2 Å². The molecule has 1 unspecified atom stereocenters. The second kappa shape index (κ2) is 5.62. The predicted octanol–water partition coefficient (Wildman–Crippen LogP) is -0.0152. The van der Waals surface area contributed by atoms with Gasteiger partial charge < -0.3 is 9.67 Å². The van der Waals surface area contributed by atoms with Crippen molar-refractivity contribution < 1.29 is 21.6 Å². The Kier molecular flexibility index (Phi) is 1.54. The maximum atomic E-state index is 12.9. The molecule has 0 aromatic carbocycles. The molecule has 0 aliphatic heterocycles. The Morgan fingerprint density at radius 2 is 2.25 bits per heavy atom. The summed E-state index contributed by atoms with van der Waals surface area (Å²) in [7, 11) is 2.41. The number of fused-ring (bicyclic) bond motifs is 1. The number of hydrogen-bond donors (Lipinski definition) is 1. The van der Waals surface area contributed by atoms with Crippen LogP contribution in [0.2, 0.25) is 0 Å². The molecule has 2 heterocycles. The van der Waals surface area contributed by atoms with Gasteiger partial charge in [-0.15, -0.1) is 0 Å². The Balaban J connectivity index is 2.88. The number of aryl methyl sites for hydroxylation is 2. The number of aliphatic hydroxyl groups is 1. The zero-order valence-electron chi connectivity index (χ0n) is 22.6. The number of rotatable bonds is 5. The van der Waals surface area contributed by atoms with E-state index in [4.69, 9.17) is 16.4 Å². The third-order valence-corrected chi connectivity index (χ3v) is 2.53. The Morgan fingerprint density at radius 3 is 2.95 bits per heavy atom. The highest BCUT2D eigenvalue weighted by molar-refractivity contribution is 5.69. The number of nitrogens with zero attached hydrogens (tertiary/aromatic N) is 4.